The number of hydrogen-bond acceptors (Lipinski definition) is 6. The molecular formula is C29H32N6O7. The zero-order valence-corrected chi connectivity index (χ0v) is 22.7. The molecule has 0 spiro atoms. The summed E-state index contributed by atoms with van der Waals surface area (Å²) in [6, 6.07) is 9.62. The van der Waals surface area contributed by atoms with Gasteiger partial charge in [-0.3, -0.25) is 19.2 Å². The number of H-pyrrole nitrogens is 2. The van der Waals surface area contributed by atoms with E-state index < -0.39 is 60.2 Å². The van der Waals surface area contributed by atoms with Crippen molar-refractivity contribution in [3.8, 4) is 0 Å². The van der Waals surface area contributed by atoms with Crippen molar-refractivity contribution in [3.05, 3.63) is 72.1 Å². The number of carboxylic acids is 2. The minimum atomic E-state index is -1.72. The quantitative estimate of drug-likeness (QED) is 0.113. The molecule has 0 saturated heterocycles. The molecule has 4 atom stereocenters. The van der Waals surface area contributed by atoms with Crippen LogP contribution in [-0.4, -0.2) is 74.0 Å². The van der Waals surface area contributed by atoms with Crippen molar-refractivity contribution in [2.75, 3.05) is 0 Å². The number of nitrogens with one attached hydrogen (secondary N) is 5. The van der Waals surface area contributed by atoms with E-state index in [1.165, 1.54) is 6.92 Å². The molecule has 42 heavy (non-hydrogen) atoms. The molecule has 0 aliphatic heterocycles. The molecule has 220 valence electrons. The summed E-state index contributed by atoms with van der Waals surface area (Å²) in [5, 5.41) is 27.7. The topological polar surface area (TPSA) is 219 Å². The molecule has 0 radical (unpaired) electrons. The van der Waals surface area contributed by atoms with Crippen molar-refractivity contribution < 1.29 is 34.2 Å². The van der Waals surface area contributed by atoms with Crippen LogP contribution in [0.5, 0.6) is 0 Å². The van der Waals surface area contributed by atoms with Crippen LogP contribution < -0.4 is 21.7 Å². The van der Waals surface area contributed by atoms with Gasteiger partial charge in [-0.15, -0.1) is 0 Å². The second kappa shape index (κ2) is 13.0. The van der Waals surface area contributed by atoms with Crippen LogP contribution in [0.1, 0.15) is 24.5 Å². The Balaban J connectivity index is 1.63. The van der Waals surface area contributed by atoms with Crippen LogP contribution in [0.25, 0.3) is 21.8 Å². The van der Waals surface area contributed by atoms with E-state index in [0.29, 0.717) is 5.56 Å². The van der Waals surface area contributed by atoms with Gasteiger partial charge in [-0.2, -0.15) is 0 Å². The predicted octanol–water partition coefficient (Wildman–Crippen LogP) is 0.795. The van der Waals surface area contributed by atoms with Gasteiger partial charge < -0.3 is 41.9 Å². The number of nitrogens with two attached hydrogens (primary N) is 1. The van der Waals surface area contributed by atoms with Crippen molar-refractivity contribution in [2.24, 2.45) is 5.73 Å². The zero-order valence-electron chi connectivity index (χ0n) is 22.7. The van der Waals surface area contributed by atoms with Crippen LogP contribution in [0.2, 0.25) is 0 Å². The molecule has 2 aromatic carbocycles. The highest BCUT2D eigenvalue weighted by Crippen LogP contribution is 2.21. The van der Waals surface area contributed by atoms with Crippen LogP contribution in [0, 0.1) is 0 Å². The first-order valence-corrected chi connectivity index (χ1v) is 13.2. The fourth-order valence-corrected chi connectivity index (χ4v) is 4.68. The molecule has 0 saturated carbocycles. The van der Waals surface area contributed by atoms with E-state index in [1.54, 1.807) is 18.5 Å². The van der Waals surface area contributed by atoms with Gasteiger partial charge in [0.25, 0.3) is 0 Å². The second-order valence-corrected chi connectivity index (χ2v) is 10.0. The highest BCUT2D eigenvalue weighted by atomic mass is 16.4. The Kier molecular flexibility index (Phi) is 9.22. The van der Waals surface area contributed by atoms with E-state index in [2.05, 4.69) is 25.9 Å². The molecule has 0 aliphatic rings. The van der Waals surface area contributed by atoms with Crippen LogP contribution in [0.3, 0.4) is 0 Å². The summed E-state index contributed by atoms with van der Waals surface area (Å²) in [5.41, 5.74) is 8.76. The number of carboxylic acid groups (broad SMARTS) is 2. The molecule has 4 unspecified atom stereocenters. The van der Waals surface area contributed by atoms with E-state index in [9.17, 15) is 29.1 Å². The number of amides is 3. The van der Waals surface area contributed by atoms with Gasteiger partial charge >= 0.3 is 11.9 Å². The molecule has 0 bridgehead atoms. The Morgan fingerprint density at radius 1 is 0.714 bits per heavy atom. The maximum atomic E-state index is 13.7. The zero-order chi connectivity index (χ0) is 30.4. The number of aliphatic carboxylic acids is 2. The van der Waals surface area contributed by atoms with Gasteiger partial charge in [0.05, 0.1) is 12.5 Å². The Morgan fingerprint density at radius 2 is 1.14 bits per heavy atom. The molecule has 0 aliphatic carbocycles. The summed E-state index contributed by atoms with van der Waals surface area (Å²) in [7, 11) is 0. The molecule has 13 nitrogen and oxygen atoms in total. The van der Waals surface area contributed by atoms with Crippen molar-refractivity contribution in [2.45, 2.75) is 50.4 Å². The number of carbonyl (C=O) groups excluding carboxylic acids is 3. The molecular weight excluding hydrogens is 544 g/mol. The number of rotatable bonds is 13. The number of carbonyl (C=O) groups is 5. The first-order chi connectivity index (χ1) is 20.0. The van der Waals surface area contributed by atoms with E-state index in [1.807, 2.05) is 42.5 Å². The summed E-state index contributed by atoms with van der Waals surface area (Å²) in [4.78, 5) is 68.7. The van der Waals surface area contributed by atoms with Gasteiger partial charge in [-0.1, -0.05) is 36.4 Å². The first-order valence-electron chi connectivity index (χ1n) is 13.2. The largest absolute Gasteiger partial charge is 0.481 e. The minimum Gasteiger partial charge on any atom is -0.481 e. The Bertz CT molecular complexity index is 1620. The highest BCUT2D eigenvalue weighted by Gasteiger charge is 2.32. The van der Waals surface area contributed by atoms with Crippen LogP contribution in [0.4, 0.5) is 0 Å². The van der Waals surface area contributed by atoms with Crippen molar-refractivity contribution >= 4 is 51.5 Å². The first kappa shape index (κ1) is 29.8. The summed E-state index contributed by atoms with van der Waals surface area (Å²) < 4.78 is 0. The van der Waals surface area contributed by atoms with Gasteiger partial charge in [-0.25, -0.2) is 4.79 Å². The monoisotopic (exact) mass is 576 g/mol. The normalized spacial score (nSPS) is 14.0. The van der Waals surface area contributed by atoms with Gasteiger partial charge in [-0.05, 0) is 30.2 Å². The van der Waals surface area contributed by atoms with Crippen LogP contribution >= 0.6 is 0 Å². The van der Waals surface area contributed by atoms with Crippen LogP contribution in [0.15, 0.2) is 60.9 Å². The van der Waals surface area contributed by atoms with E-state index in [0.717, 1.165) is 27.4 Å². The minimum absolute atomic E-state index is 0.0535. The third-order valence-corrected chi connectivity index (χ3v) is 6.87. The van der Waals surface area contributed by atoms with Crippen molar-refractivity contribution in [1.29, 1.82) is 0 Å². The van der Waals surface area contributed by atoms with Gasteiger partial charge in [0, 0.05) is 47.0 Å². The number of benzene rings is 2. The van der Waals surface area contributed by atoms with Gasteiger partial charge in [0.2, 0.25) is 17.7 Å². The molecule has 2 aromatic heterocycles. The lowest BCUT2D eigenvalue weighted by Gasteiger charge is -2.25. The number of hydrogen-bond donors (Lipinski definition) is 8. The fourth-order valence-electron chi connectivity index (χ4n) is 4.68. The number of aromatic nitrogens is 2. The third-order valence-electron chi connectivity index (χ3n) is 6.87. The molecule has 3 amide bonds. The molecule has 4 aromatic rings. The average molecular weight is 577 g/mol. The number of aromatic amines is 2. The standard InChI is InChI=1S/C29H32N6O7/c1-15(30)26(38)33-22(10-16-13-31-20-8-4-2-6-18(16)20)27(39)34-23(28(40)35-24(29(41)42)12-25(36)37)11-17-14-32-21-9-5-3-7-19(17)21/h2-9,13-15,22-24,31-32H,10-12,30H2,1H3,(H,33,38)(H,34,39)(H,35,40)(H,36,37)(H,41,42). The Labute approximate surface area is 239 Å². The lowest BCUT2D eigenvalue weighted by Crippen LogP contribution is -2.58. The third kappa shape index (κ3) is 7.12. The smallest absolute Gasteiger partial charge is 0.326 e. The van der Waals surface area contributed by atoms with Crippen molar-refractivity contribution in [1.82, 2.24) is 25.9 Å². The molecule has 0 fully saturated rings. The Morgan fingerprint density at radius 3 is 1.57 bits per heavy atom. The summed E-state index contributed by atoms with van der Waals surface area (Å²) in [6.07, 6.45) is 2.55. The summed E-state index contributed by atoms with van der Waals surface area (Å²) in [5.74, 6) is -5.15. The summed E-state index contributed by atoms with van der Waals surface area (Å²) >= 11 is 0. The fraction of sp³-hybridized carbons (Fsp3) is 0.276. The summed E-state index contributed by atoms with van der Waals surface area (Å²) in [6.45, 7) is 1.47. The average Bonchev–Trinajstić information content (AvgIpc) is 3.55. The van der Waals surface area contributed by atoms with Crippen LogP contribution in [-0.2, 0) is 36.8 Å². The Hall–Kier alpha value is -5.17. The lowest BCUT2D eigenvalue weighted by atomic mass is 10.0. The lowest BCUT2D eigenvalue weighted by molar-refractivity contribution is -0.147. The number of fused-ring (bicyclic) bond motifs is 2. The van der Waals surface area contributed by atoms with E-state index >= 15 is 0 Å². The maximum Gasteiger partial charge on any atom is 0.326 e. The SMILES string of the molecule is CC(N)C(=O)NC(Cc1c[nH]c2ccccc12)C(=O)NC(Cc1c[nH]c2ccccc12)C(=O)NC(CC(=O)O)C(=O)O. The maximum absolute atomic E-state index is 13.7. The molecule has 2 heterocycles. The van der Waals surface area contributed by atoms with E-state index in [4.69, 9.17) is 10.8 Å². The van der Waals surface area contributed by atoms with Gasteiger partial charge in [0.15, 0.2) is 0 Å². The number of para-hydroxylation sites is 2. The van der Waals surface area contributed by atoms with Gasteiger partial charge in [0.1, 0.15) is 18.1 Å². The van der Waals surface area contributed by atoms with Crippen molar-refractivity contribution in [3.63, 3.8) is 0 Å². The predicted molar refractivity (Wildman–Crippen MR) is 153 cm³/mol. The highest BCUT2D eigenvalue weighted by molar-refractivity contribution is 5.96. The second-order valence-electron chi connectivity index (χ2n) is 10.0. The van der Waals surface area contributed by atoms with E-state index in [-0.39, 0.29) is 12.8 Å². The molecule has 9 N–H and O–H groups in total. The molecule has 13 heteroatoms. The molecule has 4 rings (SSSR count).